The average Bonchev–Trinajstić information content (AvgIpc) is 2.51. The van der Waals surface area contributed by atoms with Gasteiger partial charge in [0.15, 0.2) is 0 Å². The number of nitrogens with one attached hydrogen (secondary N) is 2. The van der Waals surface area contributed by atoms with E-state index in [-0.39, 0.29) is 10.5 Å². The summed E-state index contributed by atoms with van der Waals surface area (Å²) in [5.74, 6) is 0. The Balaban J connectivity index is 2.00. The molecule has 2 N–H and O–H groups in total. The zero-order valence-electron chi connectivity index (χ0n) is 13.7. The first-order valence-electron chi connectivity index (χ1n) is 7.50. The van der Waals surface area contributed by atoms with Crippen LogP contribution in [-0.2, 0) is 10.0 Å². The van der Waals surface area contributed by atoms with E-state index in [0.29, 0.717) is 16.8 Å². The van der Waals surface area contributed by atoms with Crippen molar-refractivity contribution >= 4 is 26.6 Å². The van der Waals surface area contributed by atoms with E-state index in [1.54, 1.807) is 49.4 Å². The smallest absolute Gasteiger partial charge is 0.261 e. The third kappa shape index (κ3) is 3.05. The van der Waals surface area contributed by atoms with Crippen LogP contribution >= 0.6 is 0 Å². The number of rotatable bonds is 3. The van der Waals surface area contributed by atoms with Crippen LogP contribution in [0, 0.1) is 20.8 Å². The lowest BCUT2D eigenvalue weighted by atomic mass is 10.1. The van der Waals surface area contributed by atoms with Crippen LogP contribution in [0.4, 0.5) is 5.69 Å². The molecule has 0 saturated carbocycles. The van der Waals surface area contributed by atoms with Gasteiger partial charge in [0, 0.05) is 5.56 Å². The van der Waals surface area contributed by atoms with E-state index in [0.717, 1.165) is 16.5 Å². The van der Waals surface area contributed by atoms with E-state index >= 15 is 0 Å². The average molecular weight is 342 g/mol. The first-order chi connectivity index (χ1) is 11.3. The molecule has 0 aliphatic rings. The molecular formula is C18H18N2O3S. The molecule has 0 radical (unpaired) electrons. The number of sulfonamides is 1. The fourth-order valence-electron chi connectivity index (χ4n) is 2.47. The number of hydrogen-bond acceptors (Lipinski definition) is 3. The van der Waals surface area contributed by atoms with E-state index in [9.17, 15) is 13.2 Å². The first kappa shape index (κ1) is 16.3. The second-order valence-electron chi connectivity index (χ2n) is 5.94. The number of aromatic amines is 1. The van der Waals surface area contributed by atoms with Crippen LogP contribution < -0.4 is 10.3 Å². The van der Waals surface area contributed by atoms with Crippen LogP contribution in [0.1, 0.15) is 16.7 Å². The van der Waals surface area contributed by atoms with Gasteiger partial charge in [-0.05, 0) is 67.6 Å². The number of hydrogen-bond donors (Lipinski definition) is 2. The minimum atomic E-state index is -3.68. The maximum atomic E-state index is 12.5. The van der Waals surface area contributed by atoms with Crippen molar-refractivity contribution in [2.45, 2.75) is 25.7 Å². The van der Waals surface area contributed by atoms with Crippen LogP contribution in [-0.4, -0.2) is 13.4 Å². The van der Waals surface area contributed by atoms with Gasteiger partial charge in [0.05, 0.1) is 16.1 Å². The van der Waals surface area contributed by atoms with E-state index in [1.165, 1.54) is 0 Å². The summed E-state index contributed by atoms with van der Waals surface area (Å²) in [4.78, 5) is 14.7. The molecule has 0 aliphatic heterocycles. The molecule has 3 aromatic rings. The molecule has 0 amide bonds. The summed E-state index contributed by atoms with van der Waals surface area (Å²) in [6.07, 6.45) is 0. The van der Waals surface area contributed by atoms with Crippen molar-refractivity contribution in [3.05, 3.63) is 69.5 Å². The lowest BCUT2D eigenvalue weighted by Crippen LogP contribution is -2.14. The second-order valence-corrected chi connectivity index (χ2v) is 7.62. The van der Waals surface area contributed by atoms with Gasteiger partial charge in [-0.25, -0.2) is 8.42 Å². The Labute approximate surface area is 140 Å². The highest BCUT2D eigenvalue weighted by molar-refractivity contribution is 7.92. The van der Waals surface area contributed by atoms with Crippen LogP contribution in [0.15, 0.2) is 52.2 Å². The Bertz CT molecular complexity index is 1100. The normalized spacial score (nSPS) is 11.6. The molecular weight excluding hydrogens is 324 g/mol. The van der Waals surface area contributed by atoms with E-state index in [2.05, 4.69) is 9.71 Å². The number of aromatic nitrogens is 1. The van der Waals surface area contributed by atoms with E-state index in [4.69, 9.17) is 0 Å². The largest absolute Gasteiger partial charge is 0.322 e. The van der Waals surface area contributed by atoms with Gasteiger partial charge in [0.1, 0.15) is 0 Å². The lowest BCUT2D eigenvalue weighted by molar-refractivity contribution is 0.601. The second kappa shape index (κ2) is 5.79. The van der Waals surface area contributed by atoms with Crippen molar-refractivity contribution in [3.8, 4) is 0 Å². The summed E-state index contributed by atoms with van der Waals surface area (Å²) in [6, 6.07) is 11.9. The minimum absolute atomic E-state index is 0.184. The zero-order valence-corrected chi connectivity index (χ0v) is 14.5. The maximum Gasteiger partial charge on any atom is 0.261 e. The van der Waals surface area contributed by atoms with Gasteiger partial charge >= 0.3 is 0 Å². The first-order valence-corrected chi connectivity index (χ1v) is 8.98. The molecule has 0 saturated heterocycles. The Morgan fingerprint density at radius 3 is 2.33 bits per heavy atom. The molecule has 0 aliphatic carbocycles. The highest BCUT2D eigenvalue weighted by atomic mass is 32.2. The Hall–Kier alpha value is -2.60. The molecule has 24 heavy (non-hydrogen) atoms. The number of anilines is 1. The summed E-state index contributed by atoms with van der Waals surface area (Å²) in [6.45, 7) is 5.53. The van der Waals surface area contributed by atoms with Crippen molar-refractivity contribution in [1.82, 2.24) is 4.98 Å². The summed E-state index contributed by atoms with van der Waals surface area (Å²) < 4.78 is 27.6. The highest BCUT2D eigenvalue weighted by Gasteiger charge is 2.15. The third-order valence-electron chi connectivity index (χ3n) is 4.07. The monoisotopic (exact) mass is 342 g/mol. The predicted molar refractivity (Wildman–Crippen MR) is 96.0 cm³/mol. The molecule has 2 aromatic carbocycles. The van der Waals surface area contributed by atoms with Gasteiger partial charge < -0.3 is 4.98 Å². The molecule has 124 valence electrons. The van der Waals surface area contributed by atoms with Crippen LogP contribution in [0.2, 0.25) is 0 Å². The highest BCUT2D eigenvalue weighted by Crippen LogP contribution is 2.21. The number of fused-ring (bicyclic) bond motifs is 1. The van der Waals surface area contributed by atoms with Crippen LogP contribution in [0.3, 0.4) is 0 Å². The summed E-state index contributed by atoms with van der Waals surface area (Å²) in [5.41, 5.74) is 3.37. The Morgan fingerprint density at radius 2 is 1.62 bits per heavy atom. The van der Waals surface area contributed by atoms with Crippen molar-refractivity contribution in [2.75, 3.05) is 4.72 Å². The van der Waals surface area contributed by atoms with Gasteiger partial charge in [-0.2, -0.15) is 0 Å². The summed E-state index contributed by atoms with van der Waals surface area (Å²) in [5, 5.41) is 0.848. The van der Waals surface area contributed by atoms with E-state index < -0.39 is 10.0 Å². The fraction of sp³-hybridized carbons (Fsp3) is 0.167. The third-order valence-corrected chi connectivity index (χ3v) is 5.45. The number of benzene rings is 2. The quantitative estimate of drug-likeness (QED) is 0.767. The van der Waals surface area contributed by atoms with Crippen LogP contribution in [0.25, 0.3) is 10.9 Å². The molecule has 0 unspecified atom stereocenters. The molecule has 0 atom stereocenters. The topological polar surface area (TPSA) is 79.0 Å². The summed E-state index contributed by atoms with van der Waals surface area (Å²) in [7, 11) is -3.68. The number of H-pyrrole nitrogens is 1. The van der Waals surface area contributed by atoms with Crippen molar-refractivity contribution in [2.24, 2.45) is 0 Å². The zero-order chi connectivity index (χ0) is 17.5. The SMILES string of the molecule is Cc1ccc(S(=O)(=O)Nc2ccc3cc(C)c(=O)[nH]c3c2)cc1C. The van der Waals surface area contributed by atoms with Gasteiger partial charge in [-0.3, -0.25) is 9.52 Å². The molecule has 0 bridgehead atoms. The van der Waals surface area contributed by atoms with Gasteiger partial charge in [0.2, 0.25) is 0 Å². The van der Waals surface area contributed by atoms with Gasteiger partial charge in [-0.1, -0.05) is 12.1 Å². The van der Waals surface area contributed by atoms with Gasteiger partial charge in [0.25, 0.3) is 15.6 Å². The van der Waals surface area contributed by atoms with E-state index in [1.807, 2.05) is 13.8 Å². The van der Waals surface area contributed by atoms with Crippen molar-refractivity contribution in [1.29, 1.82) is 0 Å². The van der Waals surface area contributed by atoms with Crippen molar-refractivity contribution < 1.29 is 8.42 Å². The summed E-state index contributed by atoms with van der Waals surface area (Å²) >= 11 is 0. The Morgan fingerprint density at radius 1 is 0.875 bits per heavy atom. The molecule has 0 fully saturated rings. The number of aryl methyl sites for hydroxylation is 3. The molecule has 3 rings (SSSR count). The fourth-order valence-corrected chi connectivity index (χ4v) is 3.60. The predicted octanol–water partition coefficient (Wildman–Crippen LogP) is 3.25. The molecule has 0 spiro atoms. The van der Waals surface area contributed by atoms with Gasteiger partial charge in [-0.15, -0.1) is 0 Å². The molecule has 6 heteroatoms. The maximum absolute atomic E-state index is 12.5. The standard InChI is InChI=1S/C18H18N2O3S/c1-11-4-7-16(9-12(11)2)24(22,23)20-15-6-5-14-8-13(3)18(21)19-17(14)10-15/h4-10,20H,1-3H3,(H,19,21). The van der Waals surface area contributed by atoms with Crippen LogP contribution in [0.5, 0.6) is 0 Å². The molecule has 1 heterocycles. The molecule has 1 aromatic heterocycles. The molecule has 5 nitrogen and oxygen atoms in total. The minimum Gasteiger partial charge on any atom is -0.322 e. The Kier molecular flexibility index (Phi) is 3.93. The van der Waals surface area contributed by atoms with Crippen molar-refractivity contribution in [3.63, 3.8) is 0 Å². The lowest BCUT2D eigenvalue weighted by Gasteiger charge is -2.10. The number of pyridine rings is 1.